The summed E-state index contributed by atoms with van der Waals surface area (Å²) >= 11 is -2.62. The van der Waals surface area contributed by atoms with E-state index in [1.165, 1.54) is 40.7 Å². The number of carboxylic acid groups (broad SMARTS) is 1. The molecular weight excluding hydrogens is 813 g/mol. The van der Waals surface area contributed by atoms with Crippen LogP contribution in [0, 0.1) is 0 Å². The van der Waals surface area contributed by atoms with Crippen LogP contribution in [-0.4, -0.2) is 25.0 Å². The van der Waals surface area contributed by atoms with Gasteiger partial charge < -0.3 is 5.11 Å². The summed E-state index contributed by atoms with van der Waals surface area (Å²) in [6, 6.07) is 90.4. The zero-order valence-corrected chi connectivity index (χ0v) is 37.4. The summed E-state index contributed by atoms with van der Waals surface area (Å²) in [5.41, 5.74) is -0.793. The molecule has 9 aromatic rings. The number of benzene rings is 9. The van der Waals surface area contributed by atoms with Gasteiger partial charge in [-0.15, -0.1) is 0 Å². The molecule has 0 bridgehead atoms. The Morgan fingerprint density at radius 1 is 0.344 bits per heavy atom. The third-order valence-electron chi connectivity index (χ3n) is 11.2. The molecule has 292 valence electrons. The Balaban J connectivity index is 1.41. The average molecular weight is 856 g/mol. The Morgan fingerprint density at radius 3 is 0.967 bits per heavy atom. The molecule has 9 aromatic carbocycles. The van der Waals surface area contributed by atoms with Crippen LogP contribution < -0.4 is 61.0 Å². The molecule has 0 aromatic heterocycles. The van der Waals surface area contributed by atoms with Gasteiger partial charge in [-0.1, -0.05) is 238 Å². The van der Waals surface area contributed by atoms with Crippen LogP contribution in [0.15, 0.2) is 255 Å². The second-order valence-corrected chi connectivity index (χ2v) is 25.1. The molecule has 0 aliphatic rings. The molecule has 0 heterocycles. The van der Waals surface area contributed by atoms with Gasteiger partial charge in [0.2, 0.25) is 7.26 Å². The molecule has 0 spiro atoms. The molecule has 1 N–H and O–H groups in total. The molecule has 0 fully saturated rings. The first-order chi connectivity index (χ1) is 30.2. The summed E-state index contributed by atoms with van der Waals surface area (Å²) in [5, 5.41) is 22.3. The highest BCUT2D eigenvalue weighted by Crippen LogP contribution is 2.55. The minimum atomic E-state index is -3.31. The van der Waals surface area contributed by atoms with Crippen LogP contribution in [0.25, 0.3) is 0 Å². The van der Waals surface area contributed by atoms with E-state index in [9.17, 15) is 9.90 Å². The Hall–Kier alpha value is -5.73. The topological polar surface area (TPSA) is 37.3 Å². The molecule has 0 amide bonds. The Labute approximate surface area is 366 Å². The third kappa shape index (κ3) is 8.10. The molecule has 0 unspecified atom stereocenters. The monoisotopic (exact) mass is 855 g/mol. The summed E-state index contributed by atoms with van der Waals surface area (Å²) in [6.07, 6.45) is 0. The van der Waals surface area contributed by atoms with Crippen LogP contribution >= 0.6 is 23.1 Å². The summed E-state index contributed by atoms with van der Waals surface area (Å²) in [5.74, 6) is 0. The van der Waals surface area contributed by atoms with Gasteiger partial charge in [0.25, 0.3) is 0 Å². The smallest absolute Gasteiger partial charge is 0.451 e. The Bertz CT molecular complexity index is 2600. The maximum Gasteiger partial charge on any atom is 0.464 e. The van der Waals surface area contributed by atoms with Crippen molar-refractivity contribution >= 4 is 104 Å². The lowest BCUT2D eigenvalue weighted by Gasteiger charge is -2.30. The number of carbonyl (C=O) groups is 1. The van der Waals surface area contributed by atoms with Gasteiger partial charge in [-0.2, -0.15) is 0 Å². The van der Waals surface area contributed by atoms with E-state index in [4.69, 9.17) is 0 Å². The number of rotatable bonds is 13. The first kappa shape index (κ1) is 40.7. The molecule has 0 saturated carbocycles. The van der Waals surface area contributed by atoms with Crippen LogP contribution in [0.1, 0.15) is 0 Å². The highest BCUT2D eigenvalue weighted by molar-refractivity contribution is 8.08. The predicted octanol–water partition coefficient (Wildman–Crippen LogP) is 7.69. The van der Waals surface area contributed by atoms with E-state index in [0.717, 1.165) is 20.3 Å². The van der Waals surface area contributed by atoms with Gasteiger partial charge >= 0.3 is 19.9 Å². The minimum absolute atomic E-state index is 0.793. The van der Waals surface area contributed by atoms with E-state index in [-0.39, 0.29) is 0 Å². The highest BCUT2D eigenvalue weighted by atomic mass is 31.2. The van der Waals surface area contributed by atoms with E-state index >= 15 is 0 Å². The van der Waals surface area contributed by atoms with Gasteiger partial charge in [-0.3, -0.25) is 0 Å². The number of hydrogen-bond acceptors (Lipinski definition) is 1. The van der Waals surface area contributed by atoms with Crippen molar-refractivity contribution in [3.05, 3.63) is 255 Å². The first-order valence-corrected chi connectivity index (χ1v) is 26.7. The molecule has 61 heavy (non-hydrogen) atoms. The van der Waals surface area contributed by atoms with E-state index in [1.54, 1.807) is 0 Å². The SMILES string of the molecule is O=C(O)[P+](c1ccccc1)(c1ccccc1)c1cccc[c]1[Al]([c]1ccccc1P(c1ccccc1)c1ccccc1)[c]1ccccc1P(c1ccccc1)c1ccccc1. The van der Waals surface area contributed by atoms with Crippen molar-refractivity contribution in [2.24, 2.45) is 0 Å². The second-order valence-electron chi connectivity index (χ2n) is 14.7. The Morgan fingerprint density at radius 2 is 0.623 bits per heavy atom. The largest absolute Gasteiger partial charge is 0.464 e. The van der Waals surface area contributed by atoms with Gasteiger partial charge in [0.15, 0.2) is 0 Å². The minimum Gasteiger partial charge on any atom is -0.451 e. The molecule has 2 nitrogen and oxygen atoms in total. The van der Waals surface area contributed by atoms with Crippen LogP contribution in [0.2, 0.25) is 0 Å². The maximum atomic E-state index is 14.6. The van der Waals surface area contributed by atoms with Crippen LogP contribution in [0.4, 0.5) is 4.79 Å². The van der Waals surface area contributed by atoms with E-state index in [1.807, 2.05) is 66.7 Å². The van der Waals surface area contributed by atoms with Crippen molar-refractivity contribution in [2.45, 2.75) is 0 Å². The van der Waals surface area contributed by atoms with Crippen molar-refractivity contribution in [1.82, 2.24) is 0 Å². The maximum absolute atomic E-state index is 14.6. The summed E-state index contributed by atoms with van der Waals surface area (Å²) in [7, 11) is -5.30. The summed E-state index contributed by atoms with van der Waals surface area (Å²) in [6.45, 7) is 0. The van der Waals surface area contributed by atoms with Crippen molar-refractivity contribution < 1.29 is 9.90 Å². The summed E-state index contributed by atoms with van der Waals surface area (Å²) in [4.78, 5) is 14.6. The highest BCUT2D eigenvalue weighted by Gasteiger charge is 2.56. The van der Waals surface area contributed by atoms with Crippen LogP contribution in [0.3, 0.4) is 0 Å². The molecular formula is C55H43AlO2P3+. The van der Waals surface area contributed by atoms with Gasteiger partial charge in [0.1, 0.15) is 15.9 Å². The lowest BCUT2D eigenvalue weighted by molar-refractivity contribution is 0.221. The van der Waals surface area contributed by atoms with Crippen molar-refractivity contribution in [2.75, 3.05) is 0 Å². The fourth-order valence-electron chi connectivity index (χ4n) is 8.63. The quantitative estimate of drug-likeness (QED) is 0.0955. The van der Waals surface area contributed by atoms with Crippen molar-refractivity contribution in [1.29, 1.82) is 0 Å². The lowest BCUT2D eigenvalue weighted by atomic mass is 10.3. The fourth-order valence-corrected chi connectivity index (χ4v) is 22.5. The molecule has 0 aliphatic carbocycles. The van der Waals surface area contributed by atoms with Crippen LogP contribution in [-0.2, 0) is 0 Å². The zero-order valence-electron chi connectivity index (χ0n) is 33.5. The normalized spacial score (nSPS) is 11.4. The van der Waals surface area contributed by atoms with Crippen LogP contribution in [0.5, 0.6) is 0 Å². The molecule has 6 heteroatoms. The predicted molar refractivity (Wildman–Crippen MR) is 268 cm³/mol. The fraction of sp³-hybridized carbons (Fsp3) is 0. The van der Waals surface area contributed by atoms with Gasteiger partial charge in [0, 0.05) is 0 Å². The van der Waals surface area contributed by atoms with Gasteiger partial charge in [-0.05, 0) is 78.0 Å². The van der Waals surface area contributed by atoms with Gasteiger partial charge in [-0.25, -0.2) is 4.79 Å². The molecule has 0 atom stereocenters. The first-order valence-electron chi connectivity index (χ1n) is 20.5. The van der Waals surface area contributed by atoms with Gasteiger partial charge in [0.05, 0.1) is 0 Å². The summed E-state index contributed by atoms with van der Waals surface area (Å²) < 4.78 is 3.75. The van der Waals surface area contributed by atoms with Crippen molar-refractivity contribution in [3.63, 3.8) is 0 Å². The lowest BCUT2D eigenvalue weighted by Crippen LogP contribution is -2.64. The third-order valence-corrected chi connectivity index (χ3v) is 24.2. The molecule has 0 saturated heterocycles. The zero-order chi connectivity index (χ0) is 41.4. The second kappa shape index (κ2) is 18.9. The average Bonchev–Trinajstić information content (AvgIpc) is 3.33. The molecule has 0 aliphatic heterocycles. The van der Waals surface area contributed by atoms with E-state index in [2.05, 4.69) is 188 Å². The van der Waals surface area contributed by atoms with Crippen molar-refractivity contribution in [3.8, 4) is 0 Å². The van der Waals surface area contributed by atoms with E-state index < -0.39 is 43.0 Å². The standard InChI is InChI=1S/C19H14O2P.2C18H14P.Al/c20-19(21)22(16-10-4-1-5-11-16,17-12-6-2-7-13-17)18-14-8-3-9-15-18;2*1-4-10-16(11-5-1)19(17-12-6-2-7-13-17)18-14-8-3-9-15-18;/h1-14H;2*1-14H;/p+1. The van der Waals surface area contributed by atoms with E-state index in [0.29, 0.717) is 0 Å². The Kier molecular flexibility index (Phi) is 12.6. The molecule has 0 radical (unpaired) electrons. The molecule has 9 rings (SSSR count). The number of hydrogen-bond donors (Lipinski definition) is 1.